The van der Waals surface area contributed by atoms with Crippen LogP contribution in [0.3, 0.4) is 0 Å². The lowest BCUT2D eigenvalue weighted by atomic mass is 9.86. The van der Waals surface area contributed by atoms with Crippen LogP contribution >= 0.6 is 0 Å². The highest BCUT2D eigenvalue weighted by molar-refractivity contribution is 5.00. The van der Waals surface area contributed by atoms with Gasteiger partial charge < -0.3 is 9.64 Å². The van der Waals surface area contributed by atoms with Crippen molar-refractivity contribution in [2.45, 2.75) is 70.9 Å². The smallest absolute Gasteiger partial charge is 0.0756 e. The van der Waals surface area contributed by atoms with Crippen molar-refractivity contribution in [3.8, 4) is 0 Å². The van der Waals surface area contributed by atoms with Gasteiger partial charge in [-0.3, -0.25) is 0 Å². The lowest BCUT2D eigenvalue weighted by molar-refractivity contribution is 0.0453. The molecule has 0 aromatic rings. The van der Waals surface area contributed by atoms with E-state index in [1.807, 2.05) is 0 Å². The van der Waals surface area contributed by atoms with E-state index in [2.05, 4.69) is 37.9 Å². The van der Waals surface area contributed by atoms with Crippen LogP contribution in [0, 0.1) is 11.8 Å². The molecule has 20 heavy (non-hydrogen) atoms. The number of rotatable bonds is 6. The van der Waals surface area contributed by atoms with E-state index in [0.717, 1.165) is 31.0 Å². The Morgan fingerprint density at radius 2 is 1.80 bits per heavy atom. The largest absolute Gasteiger partial charge is 0.373 e. The van der Waals surface area contributed by atoms with Gasteiger partial charge in [0.15, 0.2) is 0 Å². The van der Waals surface area contributed by atoms with E-state index in [4.69, 9.17) is 4.74 Å². The fourth-order valence-electron chi connectivity index (χ4n) is 3.56. The molecule has 1 fully saturated rings. The second-order valence-corrected chi connectivity index (χ2v) is 7.05. The predicted octanol–water partition coefficient (Wildman–Crippen LogP) is 4.26. The van der Waals surface area contributed by atoms with Crippen molar-refractivity contribution >= 4 is 0 Å². The minimum atomic E-state index is 0.366. The minimum Gasteiger partial charge on any atom is -0.373 e. The molecule has 0 spiro atoms. The van der Waals surface area contributed by atoms with Crippen LogP contribution in [0.5, 0.6) is 0 Å². The van der Waals surface area contributed by atoms with Gasteiger partial charge in [-0.1, -0.05) is 45.3 Å². The number of likely N-dealkylation sites (N-methyl/N-ethyl adjacent to an activating group) is 1. The van der Waals surface area contributed by atoms with Crippen LogP contribution in [0.25, 0.3) is 0 Å². The van der Waals surface area contributed by atoms with Gasteiger partial charge in [-0.15, -0.1) is 0 Å². The van der Waals surface area contributed by atoms with Crippen molar-refractivity contribution in [2.24, 2.45) is 11.8 Å². The summed E-state index contributed by atoms with van der Waals surface area (Å²) in [5.41, 5.74) is 0. The molecule has 2 rings (SSSR count). The number of hydrogen-bond acceptors (Lipinski definition) is 2. The second kappa shape index (κ2) is 8.19. The van der Waals surface area contributed by atoms with Crippen molar-refractivity contribution in [3.63, 3.8) is 0 Å². The van der Waals surface area contributed by atoms with E-state index >= 15 is 0 Å². The summed E-state index contributed by atoms with van der Waals surface area (Å²) >= 11 is 0. The Morgan fingerprint density at radius 3 is 2.40 bits per heavy atom. The van der Waals surface area contributed by atoms with Gasteiger partial charge in [-0.05, 0) is 44.6 Å². The molecule has 0 saturated heterocycles. The highest BCUT2D eigenvalue weighted by Gasteiger charge is 2.20. The highest BCUT2D eigenvalue weighted by atomic mass is 16.5. The van der Waals surface area contributed by atoms with Crippen molar-refractivity contribution in [1.29, 1.82) is 0 Å². The molecular formula is C18H33NO. The molecule has 2 nitrogen and oxygen atoms in total. The summed E-state index contributed by atoms with van der Waals surface area (Å²) in [6, 6.07) is 0.805. The van der Waals surface area contributed by atoms with Crippen LogP contribution in [0.1, 0.15) is 58.8 Å². The topological polar surface area (TPSA) is 12.5 Å². The third-order valence-electron chi connectivity index (χ3n) is 5.19. The van der Waals surface area contributed by atoms with E-state index in [9.17, 15) is 0 Å². The molecule has 2 heteroatoms. The summed E-state index contributed by atoms with van der Waals surface area (Å²) < 4.78 is 6.04. The normalized spacial score (nSPS) is 28.4. The molecule has 0 heterocycles. The first-order chi connectivity index (χ1) is 9.66. The van der Waals surface area contributed by atoms with Gasteiger partial charge >= 0.3 is 0 Å². The number of nitrogens with zero attached hydrogens (tertiary/aromatic N) is 1. The van der Waals surface area contributed by atoms with Gasteiger partial charge in [0.05, 0.1) is 12.7 Å². The van der Waals surface area contributed by atoms with Gasteiger partial charge in [-0.25, -0.2) is 0 Å². The molecule has 116 valence electrons. The standard InChI is InChI=1S/C18H33NO/c1-15(2)16-9-11-18(12-10-16)20-14-13-19(3)17-7-5-4-6-8-17/h9,11,15-18H,4-8,10,12-14H2,1-3H3. The summed E-state index contributed by atoms with van der Waals surface area (Å²) in [5.74, 6) is 1.53. The average molecular weight is 279 g/mol. The maximum Gasteiger partial charge on any atom is 0.0756 e. The van der Waals surface area contributed by atoms with Crippen molar-refractivity contribution in [2.75, 3.05) is 20.2 Å². The zero-order valence-corrected chi connectivity index (χ0v) is 13.7. The maximum atomic E-state index is 6.04. The van der Waals surface area contributed by atoms with Crippen LogP contribution in [0.15, 0.2) is 12.2 Å². The summed E-state index contributed by atoms with van der Waals surface area (Å²) in [4.78, 5) is 2.52. The molecule has 0 radical (unpaired) electrons. The molecule has 0 N–H and O–H groups in total. The molecule has 0 aliphatic heterocycles. The summed E-state index contributed by atoms with van der Waals surface area (Å²) in [6.07, 6.45) is 14.6. The predicted molar refractivity (Wildman–Crippen MR) is 85.9 cm³/mol. The molecular weight excluding hydrogens is 246 g/mol. The van der Waals surface area contributed by atoms with Crippen LogP contribution in [-0.4, -0.2) is 37.2 Å². The van der Waals surface area contributed by atoms with Crippen LogP contribution in [0.4, 0.5) is 0 Å². The van der Waals surface area contributed by atoms with E-state index < -0.39 is 0 Å². The number of allylic oxidation sites excluding steroid dienone is 1. The molecule has 2 unspecified atom stereocenters. The summed E-state index contributed by atoms with van der Waals surface area (Å²) in [5, 5.41) is 0. The van der Waals surface area contributed by atoms with E-state index in [1.54, 1.807) is 0 Å². The SMILES string of the molecule is CC(C)C1C=CC(OCCN(C)C2CCCCC2)CC1. The first kappa shape index (κ1) is 16.0. The van der Waals surface area contributed by atoms with Crippen LogP contribution < -0.4 is 0 Å². The third-order valence-corrected chi connectivity index (χ3v) is 5.19. The van der Waals surface area contributed by atoms with Crippen molar-refractivity contribution < 1.29 is 4.74 Å². The zero-order chi connectivity index (χ0) is 14.4. The fraction of sp³-hybridized carbons (Fsp3) is 0.889. The highest BCUT2D eigenvalue weighted by Crippen LogP contribution is 2.26. The third kappa shape index (κ3) is 4.89. The average Bonchev–Trinajstić information content (AvgIpc) is 2.48. The van der Waals surface area contributed by atoms with Gasteiger partial charge in [0.25, 0.3) is 0 Å². The quantitative estimate of drug-likeness (QED) is 0.674. The Hall–Kier alpha value is -0.340. The lowest BCUT2D eigenvalue weighted by Gasteiger charge is -2.32. The van der Waals surface area contributed by atoms with Gasteiger partial charge in [0, 0.05) is 12.6 Å². The monoisotopic (exact) mass is 279 g/mol. The summed E-state index contributed by atoms with van der Waals surface area (Å²) in [7, 11) is 2.27. The molecule has 0 amide bonds. The molecule has 2 atom stereocenters. The van der Waals surface area contributed by atoms with Crippen LogP contribution in [0.2, 0.25) is 0 Å². The van der Waals surface area contributed by atoms with Crippen LogP contribution in [-0.2, 0) is 4.74 Å². The van der Waals surface area contributed by atoms with Gasteiger partial charge in [-0.2, -0.15) is 0 Å². The Morgan fingerprint density at radius 1 is 1.05 bits per heavy atom. The molecule has 1 saturated carbocycles. The second-order valence-electron chi connectivity index (χ2n) is 7.05. The van der Waals surface area contributed by atoms with E-state index in [1.165, 1.54) is 44.9 Å². The molecule has 0 aromatic carbocycles. The Balaban J connectivity index is 1.62. The minimum absolute atomic E-state index is 0.366. The number of hydrogen-bond donors (Lipinski definition) is 0. The number of ether oxygens (including phenoxy) is 1. The first-order valence-electron chi connectivity index (χ1n) is 8.67. The fourth-order valence-corrected chi connectivity index (χ4v) is 3.56. The Kier molecular flexibility index (Phi) is 6.57. The molecule has 2 aliphatic carbocycles. The van der Waals surface area contributed by atoms with Gasteiger partial charge in [0.1, 0.15) is 0 Å². The molecule has 0 bridgehead atoms. The molecule has 2 aliphatic rings. The summed E-state index contributed by atoms with van der Waals surface area (Å²) in [6.45, 7) is 6.60. The molecule has 0 aromatic heterocycles. The Labute approximate surface area is 125 Å². The van der Waals surface area contributed by atoms with Crippen molar-refractivity contribution in [1.82, 2.24) is 4.90 Å². The van der Waals surface area contributed by atoms with Gasteiger partial charge in [0.2, 0.25) is 0 Å². The zero-order valence-electron chi connectivity index (χ0n) is 13.7. The van der Waals surface area contributed by atoms with E-state index in [0.29, 0.717) is 6.10 Å². The van der Waals surface area contributed by atoms with E-state index in [-0.39, 0.29) is 0 Å². The maximum absolute atomic E-state index is 6.04. The Bertz CT molecular complexity index is 294. The first-order valence-corrected chi connectivity index (χ1v) is 8.67. The van der Waals surface area contributed by atoms with Crippen molar-refractivity contribution in [3.05, 3.63) is 12.2 Å². The lowest BCUT2D eigenvalue weighted by Crippen LogP contribution is -2.36.